The van der Waals surface area contributed by atoms with Gasteiger partial charge in [0.1, 0.15) is 11.6 Å². The zero-order chi connectivity index (χ0) is 15.8. The molecule has 1 aromatic carbocycles. The molecule has 0 unspecified atom stereocenters. The number of anilines is 1. The van der Waals surface area contributed by atoms with Crippen molar-refractivity contribution in [3.63, 3.8) is 0 Å². The van der Waals surface area contributed by atoms with Crippen molar-refractivity contribution in [2.75, 3.05) is 24.8 Å². The number of pyridine rings is 1. The third-order valence-corrected chi connectivity index (χ3v) is 4.32. The van der Waals surface area contributed by atoms with Crippen molar-refractivity contribution in [3.05, 3.63) is 52.7 Å². The van der Waals surface area contributed by atoms with Crippen LogP contribution in [0.25, 0.3) is 0 Å². The number of rotatable bonds is 8. The number of nitrogens with one attached hydrogen (secondary N) is 1. The van der Waals surface area contributed by atoms with Crippen LogP contribution in [0, 0.1) is 0 Å². The minimum atomic E-state index is 0.207. The molecule has 0 spiro atoms. The molecule has 2 N–H and O–H groups in total. The van der Waals surface area contributed by atoms with Gasteiger partial charge in [0, 0.05) is 24.2 Å². The Morgan fingerprint density at radius 1 is 1.27 bits per heavy atom. The molecule has 0 aliphatic carbocycles. The highest BCUT2D eigenvalue weighted by Gasteiger charge is 2.03. The van der Waals surface area contributed by atoms with Gasteiger partial charge in [-0.1, -0.05) is 17.7 Å². The topological polar surface area (TPSA) is 54.4 Å². The van der Waals surface area contributed by atoms with Crippen molar-refractivity contribution >= 4 is 29.2 Å². The van der Waals surface area contributed by atoms with Gasteiger partial charge in [0.05, 0.1) is 18.7 Å². The lowest BCUT2D eigenvalue weighted by Crippen LogP contribution is -2.02. The van der Waals surface area contributed by atoms with E-state index in [9.17, 15) is 0 Å². The van der Waals surface area contributed by atoms with Crippen molar-refractivity contribution < 1.29 is 9.84 Å². The maximum Gasteiger partial charge on any atom is 0.137 e. The molecule has 1 heterocycles. The van der Waals surface area contributed by atoms with Crippen LogP contribution in [-0.4, -0.2) is 29.6 Å². The average Bonchev–Trinajstić information content (AvgIpc) is 2.54. The summed E-state index contributed by atoms with van der Waals surface area (Å²) < 4.78 is 5.14. The predicted molar refractivity (Wildman–Crippen MR) is 92.8 cm³/mol. The lowest BCUT2D eigenvalue weighted by atomic mass is 10.2. The van der Waals surface area contributed by atoms with Gasteiger partial charge in [-0.05, 0) is 35.4 Å². The zero-order valence-corrected chi connectivity index (χ0v) is 14.0. The standard InChI is InChI=1S/C16H19ClN2O2S/c1-21-15-3-2-12(8-14(15)17)10-19-16-9-13(4-5-18-16)11-22-7-6-20/h2-5,8-9,20H,6-7,10-11H2,1H3,(H,18,19). The van der Waals surface area contributed by atoms with Crippen molar-refractivity contribution in [2.45, 2.75) is 12.3 Å². The van der Waals surface area contributed by atoms with Gasteiger partial charge in [-0.15, -0.1) is 0 Å². The minimum absolute atomic E-state index is 0.207. The van der Waals surface area contributed by atoms with Crippen molar-refractivity contribution in [2.24, 2.45) is 0 Å². The van der Waals surface area contributed by atoms with Crippen LogP contribution in [0.4, 0.5) is 5.82 Å². The maximum absolute atomic E-state index is 8.80. The summed E-state index contributed by atoms with van der Waals surface area (Å²) in [4.78, 5) is 4.31. The van der Waals surface area contributed by atoms with Gasteiger partial charge < -0.3 is 15.2 Å². The number of methoxy groups -OCH3 is 1. The lowest BCUT2D eigenvalue weighted by molar-refractivity contribution is 0.322. The second-order valence-electron chi connectivity index (χ2n) is 4.65. The van der Waals surface area contributed by atoms with E-state index in [0.29, 0.717) is 17.3 Å². The SMILES string of the molecule is COc1ccc(CNc2cc(CSCCO)ccn2)cc1Cl. The molecule has 0 aliphatic rings. The van der Waals surface area contributed by atoms with E-state index < -0.39 is 0 Å². The van der Waals surface area contributed by atoms with E-state index >= 15 is 0 Å². The molecule has 0 bridgehead atoms. The number of hydrogen-bond acceptors (Lipinski definition) is 5. The van der Waals surface area contributed by atoms with Crippen molar-refractivity contribution in [1.82, 2.24) is 4.98 Å². The molecule has 1 aromatic heterocycles. The highest BCUT2D eigenvalue weighted by atomic mass is 35.5. The largest absolute Gasteiger partial charge is 0.495 e. The normalized spacial score (nSPS) is 10.5. The number of aliphatic hydroxyl groups excluding tert-OH is 1. The Labute approximate surface area is 139 Å². The Kier molecular flexibility index (Phi) is 6.83. The first kappa shape index (κ1) is 16.9. The van der Waals surface area contributed by atoms with Gasteiger partial charge in [0.2, 0.25) is 0 Å². The van der Waals surface area contributed by atoms with Crippen molar-refractivity contribution in [1.29, 1.82) is 0 Å². The van der Waals surface area contributed by atoms with Crippen LogP contribution in [0.2, 0.25) is 5.02 Å². The fraction of sp³-hybridized carbons (Fsp3) is 0.312. The molecule has 0 saturated carbocycles. The Morgan fingerprint density at radius 3 is 2.86 bits per heavy atom. The molecule has 2 rings (SSSR count). The monoisotopic (exact) mass is 338 g/mol. The van der Waals surface area contributed by atoms with Gasteiger partial charge >= 0.3 is 0 Å². The highest BCUT2D eigenvalue weighted by molar-refractivity contribution is 7.98. The molecule has 0 radical (unpaired) electrons. The van der Waals surface area contributed by atoms with Gasteiger partial charge in [-0.25, -0.2) is 4.98 Å². The smallest absolute Gasteiger partial charge is 0.137 e. The molecule has 118 valence electrons. The zero-order valence-electron chi connectivity index (χ0n) is 12.4. The summed E-state index contributed by atoms with van der Waals surface area (Å²) in [5.41, 5.74) is 2.25. The van der Waals surface area contributed by atoms with Crippen LogP contribution >= 0.6 is 23.4 Å². The molecule has 22 heavy (non-hydrogen) atoms. The Balaban J connectivity index is 1.93. The predicted octanol–water partition coefficient (Wildman–Crippen LogP) is 3.58. The first-order valence-corrected chi connectivity index (χ1v) is 8.46. The summed E-state index contributed by atoms with van der Waals surface area (Å²) in [6.45, 7) is 0.850. The summed E-state index contributed by atoms with van der Waals surface area (Å²) in [6.07, 6.45) is 1.79. The molecular weight excluding hydrogens is 320 g/mol. The van der Waals surface area contributed by atoms with Crippen LogP contribution < -0.4 is 10.1 Å². The van der Waals surface area contributed by atoms with Crippen LogP contribution in [0.5, 0.6) is 5.75 Å². The van der Waals surface area contributed by atoms with Crippen LogP contribution in [-0.2, 0) is 12.3 Å². The number of hydrogen-bond donors (Lipinski definition) is 2. The van der Waals surface area contributed by atoms with E-state index in [0.717, 1.165) is 22.9 Å². The first-order valence-electron chi connectivity index (χ1n) is 6.92. The maximum atomic E-state index is 8.80. The van der Waals surface area contributed by atoms with Gasteiger partial charge in [-0.3, -0.25) is 0 Å². The molecule has 0 amide bonds. The average molecular weight is 339 g/mol. The van der Waals surface area contributed by atoms with Crippen LogP contribution in [0.15, 0.2) is 36.5 Å². The number of halogens is 1. The second-order valence-corrected chi connectivity index (χ2v) is 6.16. The summed E-state index contributed by atoms with van der Waals surface area (Å²) in [5, 5.41) is 12.7. The number of benzene rings is 1. The fourth-order valence-electron chi connectivity index (χ4n) is 1.93. The van der Waals surface area contributed by atoms with E-state index in [-0.39, 0.29) is 6.61 Å². The number of aliphatic hydroxyl groups is 1. The molecule has 4 nitrogen and oxygen atoms in total. The Morgan fingerprint density at radius 2 is 2.14 bits per heavy atom. The summed E-state index contributed by atoms with van der Waals surface area (Å²) in [7, 11) is 1.60. The fourth-order valence-corrected chi connectivity index (χ4v) is 2.90. The van der Waals surface area contributed by atoms with Crippen molar-refractivity contribution in [3.8, 4) is 5.75 Å². The third-order valence-electron chi connectivity index (χ3n) is 3.02. The molecular formula is C16H19ClN2O2S. The molecule has 0 saturated heterocycles. The number of thioether (sulfide) groups is 1. The van der Waals surface area contributed by atoms with Crippen LogP contribution in [0.1, 0.15) is 11.1 Å². The van der Waals surface area contributed by atoms with E-state index in [4.69, 9.17) is 21.4 Å². The summed E-state index contributed by atoms with van der Waals surface area (Å²) >= 11 is 7.81. The molecule has 2 aromatic rings. The van der Waals surface area contributed by atoms with E-state index in [2.05, 4.69) is 10.3 Å². The van der Waals surface area contributed by atoms with E-state index in [1.807, 2.05) is 30.3 Å². The molecule has 6 heteroatoms. The van der Waals surface area contributed by atoms with Gasteiger partial charge in [0.25, 0.3) is 0 Å². The third kappa shape index (κ3) is 5.09. The molecule has 0 fully saturated rings. The van der Waals surface area contributed by atoms with E-state index in [1.54, 1.807) is 25.1 Å². The number of nitrogens with zero attached hydrogens (tertiary/aromatic N) is 1. The highest BCUT2D eigenvalue weighted by Crippen LogP contribution is 2.25. The number of ether oxygens (including phenoxy) is 1. The number of aromatic nitrogens is 1. The second kappa shape index (κ2) is 8.88. The van der Waals surface area contributed by atoms with Crippen LogP contribution in [0.3, 0.4) is 0 Å². The molecule has 0 aliphatic heterocycles. The Bertz CT molecular complexity index is 610. The minimum Gasteiger partial charge on any atom is -0.495 e. The summed E-state index contributed by atoms with van der Waals surface area (Å²) in [6, 6.07) is 9.72. The van der Waals surface area contributed by atoms with Gasteiger partial charge in [-0.2, -0.15) is 11.8 Å². The lowest BCUT2D eigenvalue weighted by Gasteiger charge is -2.09. The Hall–Kier alpha value is -1.43. The molecule has 0 atom stereocenters. The van der Waals surface area contributed by atoms with E-state index in [1.165, 1.54) is 5.56 Å². The summed E-state index contributed by atoms with van der Waals surface area (Å²) in [5.74, 6) is 3.11. The quantitative estimate of drug-likeness (QED) is 0.720. The first-order chi connectivity index (χ1) is 10.7. The van der Waals surface area contributed by atoms with Gasteiger partial charge in [0.15, 0.2) is 0 Å².